The molecule has 8 heteroatoms. The van der Waals surface area contributed by atoms with Crippen LogP contribution in [0.2, 0.25) is 0 Å². The summed E-state index contributed by atoms with van der Waals surface area (Å²) in [5.74, 6) is -1.43. The van der Waals surface area contributed by atoms with E-state index < -0.39 is 18.5 Å². The van der Waals surface area contributed by atoms with Gasteiger partial charge < -0.3 is 24.8 Å². The van der Waals surface area contributed by atoms with Gasteiger partial charge in [-0.05, 0) is 18.1 Å². The fourth-order valence-corrected chi connectivity index (χ4v) is 2.05. The van der Waals surface area contributed by atoms with E-state index in [1.54, 1.807) is 24.3 Å². The number of nitrogens with one attached hydrogen (secondary N) is 2. The standard InChI is InChI=1S/C18H22N2O6/c1-12(2)9-19-17(22)13-5-3-4-6-14(13)20-16(21)11-26-18(23)15-10-24-7-8-25-15/h3-6,10,12H,7-9,11H2,1-2H3,(H,19,22)(H,20,21). The van der Waals surface area contributed by atoms with Gasteiger partial charge in [-0.1, -0.05) is 26.0 Å². The van der Waals surface area contributed by atoms with E-state index in [0.717, 1.165) is 6.26 Å². The van der Waals surface area contributed by atoms with Crippen LogP contribution >= 0.6 is 0 Å². The van der Waals surface area contributed by atoms with Crippen LogP contribution in [0.3, 0.4) is 0 Å². The van der Waals surface area contributed by atoms with Gasteiger partial charge in [0.2, 0.25) is 5.76 Å². The minimum Gasteiger partial charge on any atom is -0.493 e. The Morgan fingerprint density at radius 1 is 1.19 bits per heavy atom. The van der Waals surface area contributed by atoms with Crippen molar-refractivity contribution in [1.29, 1.82) is 0 Å². The molecule has 0 saturated carbocycles. The van der Waals surface area contributed by atoms with Crippen molar-refractivity contribution in [3.63, 3.8) is 0 Å². The molecular weight excluding hydrogens is 340 g/mol. The smallest absolute Gasteiger partial charge is 0.377 e. The summed E-state index contributed by atoms with van der Waals surface area (Å²) in [6.07, 6.45) is 1.15. The Balaban J connectivity index is 1.91. The number of rotatable bonds is 7. The molecule has 2 N–H and O–H groups in total. The van der Waals surface area contributed by atoms with Gasteiger partial charge in [-0.25, -0.2) is 4.79 Å². The van der Waals surface area contributed by atoms with E-state index in [4.69, 9.17) is 14.2 Å². The van der Waals surface area contributed by atoms with Gasteiger partial charge >= 0.3 is 5.97 Å². The second-order valence-electron chi connectivity index (χ2n) is 5.98. The van der Waals surface area contributed by atoms with Crippen LogP contribution in [-0.4, -0.2) is 44.1 Å². The van der Waals surface area contributed by atoms with Gasteiger partial charge in [0, 0.05) is 6.54 Å². The van der Waals surface area contributed by atoms with Crippen LogP contribution in [0.1, 0.15) is 24.2 Å². The predicted octanol–water partition coefficient (Wildman–Crippen LogP) is 1.44. The highest BCUT2D eigenvalue weighted by atomic mass is 16.6. The van der Waals surface area contributed by atoms with Gasteiger partial charge in [-0.2, -0.15) is 0 Å². The topological polar surface area (TPSA) is 103 Å². The van der Waals surface area contributed by atoms with Crippen molar-refractivity contribution in [2.45, 2.75) is 13.8 Å². The lowest BCUT2D eigenvalue weighted by Crippen LogP contribution is -2.29. The Bertz CT molecular complexity index is 699. The van der Waals surface area contributed by atoms with Crippen molar-refractivity contribution in [2.24, 2.45) is 5.92 Å². The summed E-state index contributed by atoms with van der Waals surface area (Å²) in [6.45, 7) is 4.58. The van der Waals surface area contributed by atoms with Crippen LogP contribution in [0.15, 0.2) is 36.3 Å². The first kappa shape index (κ1) is 19.3. The zero-order chi connectivity index (χ0) is 18.9. The highest BCUT2D eigenvalue weighted by molar-refractivity contribution is 6.04. The zero-order valence-electron chi connectivity index (χ0n) is 14.7. The molecule has 0 atom stereocenters. The maximum absolute atomic E-state index is 12.2. The Morgan fingerprint density at radius 2 is 1.96 bits per heavy atom. The van der Waals surface area contributed by atoms with E-state index in [1.807, 2.05) is 13.8 Å². The second kappa shape index (κ2) is 9.45. The summed E-state index contributed by atoms with van der Waals surface area (Å²) in [5.41, 5.74) is 0.672. The molecule has 26 heavy (non-hydrogen) atoms. The van der Waals surface area contributed by atoms with Crippen molar-refractivity contribution >= 4 is 23.5 Å². The number of hydrogen-bond donors (Lipinski definition) is 2. The molecule has 1 heterocycles. The van der Waals surface area contributed by atoms with E-state index in [0.29, 0.717) is 30.3 Å². The van der Waals surface area contributed by atoms with E-state index in [9.17, 15) is 14.4 Å². The molecule has 0 unspecified atom stereocenters. The fraction of sp³-hybridized carbons (Fsp3) is 0.389. The van der Waals surface area contributed by atoms with E-state index in [1.165, 1.54) is 0 Å². The van der Waals surface area contributed by atoms with Crippen LogP contribution in [0.5, 0.6) is 0 Å². The van der Waals surface area contributed by atoms with Gasteiger partial charge in [-0.3, -0.25) is 9.59 Å². The molecule has 1 aliphatic rings. The van der Waals surface area contributed by atoms with Gasteiger partial charge in [0.1, 0.15) is 19.5 Å². The highest BCUT2D eigenvalue weighted by Gasteiger charge is 2.19. The molecule has 0 fully saturated rings. The average Bonchev–Trinajstić information content (AvgIpc) is 2.65. The molecular formula is C18H22N2O6. The number of esters is 1. The Hall–Kier alpha value is -3.03. The molecule has 0 bridgehead atoms. The SMILES string of the molecule is CC(C)CNC(=O)c1ccccc1NC(=O)COC(=O)C1=COCCO1. The van der Waals surface area contributed by atoms with E-state index in [2.05, 4.69) is 10.6 Å². The molecule has 0 radical (unpaired) electrons. The number of amides is 2. The molecule has 0 spiro atoms. The lowest BCUT2D eigenvalue weighted by Gasteiger charge is -2.15. The van der Waals surface area contributed by atoms with Gasteiger partial charge in [-0.15, -0.1) is 0 Å². The summed E-state index contributed by atoms with van der Waals surface area (Å²) in [7, 11) is 0. The molecule has 8 nitrogen and oxygen atoms in total. The maximum Gasteiger partial charge on any atom is 0.377 e. The summed E-state index contributed by atoms with van der Waals surface area (Å²) < 4.78 is 14.9. The summed E-state index contributed by atoms with van der Waals surface area (Å²) >= 11 is 0. The molecule has 140 valence electrons. The minimum absolute atomic E-state index is 0.0856. The normalized spacial score (nSPS) is 13.1. The summed E-state index contributed by atoms with van der Waals surface area (Å²) in [4.78, 5) is 36.0. The Labute approximate surface area is 151 Å². The first-order chi connectivity index (χ1) is 12.5. The first-order valence-corrected chi connectivity index (χ1v) is 8.26. The first-order valence-electron chi connectivity index (χ1n) is 8.26. The van der Waals surface area contributed by atoms with Gasteiger partial charge in [0.15, 0.2) is 6.61 Å². The number of para-hydroxylation sites is 1. The van der Waals surface area contributed by atoms with Crippen molar-refractivity contribution in [3.8, 4) is 0 Å². The van der Waals surface area contributed by atoms with Crippen molar-refractivity contribution < 1.29 is 28.6 Å². The molecule has 1 aliphatic heterocycles. The quantitative estimate of drug-likeness (QED) is 0.712. The van der Waals surface area contributed by atoms with Crippen molar-refractivity contribution in [3.05, 3.63) is 41.9 Å². The van der Waals surface area contributed by atoms with E-state index in [-0.39, 0.29) is 18.3 Å². The number of anilines is 1. The Morgan fingerprint density at radius 3 is 2.65 bits per heavy atom. The number of carbonyl (C=O) groups excluding carboxylic acids is 3. The van der Waals surface area contributed by atoms with Crippen LogP contribution in [0.4, 0.5) is 5.69 Å². The maximum atomic E-state index is 12.2. The second-order valence-corrected chi connectivity index (χ2v) is 5.98. The number of benzene rings is 1. The van der Waals surface area contributed by atoms with Gasteiger partial charge in [0.05, 0.1) is 11.3 Å². The number of ether oxygens (including phenoxy) is 3. The Kier molecular flexibility index (Phi) is 7.02. The highest BCUT2D eigenvalue weighted by Crippen LogP contribution is 2.15. The minimum atomic E-state index is -0.789. The van der Waals surface area contributed by atoms with Crippen LogP contribution in [-0.2, 0) is 23.8 Å². The largest absolute Gasteiger partial charge is 0.493 e. The third-order valence-electron chi connectivity index (χ3n) is 3.30. The monoisotopic (exact) mass is 362 g/mol. The fourth-order valence-electron chi connectivity index (χ4n) is 2.05. The molecule has 0 aliphatic carbocycles. The zero-order valence-corrected chi connectivity index (χ0v) is 14.7. The third kappa shape index (κ3) is 5.80. The molecule has 1 aromatic carbocycles. The molecule has 2 rings (SSSR count). The van der Waals surface area contributed by atoms with Crippen LogP contribution < -0.4 is 10.6 Å². The molecule has 0 aromatic heterocycles. The lowest BCUT2D eigenvalue weighted by atomic mass is 10.1. The lowest BCUT2D eigenvalue weighted by molar-refractivity contribution is -0.148. The average molecular weight is 362 g/mol. The molecule has 2 amide bonds. The molecule has 0 saturated heterocycles. The number of hydrogen-bond acceptors (Lipinski definition) is 6. The summed E-state index contributed by atoms with van der Waals surface area (Å²) in [6, 6.07) is 6.60. The summed E-state index contributed by atoms with van der Waals surface area (Å²) in [5, 5.41) is 5.36. The predicted molar refractivity (Wildman–Crippen MR) is 93.2 cm³/mol. The third-order valence-corrected chi connectivity index (χ3v) is 3.30. The molecule has 1 aromatic rings. The van der Waals surface area contributed by atoms with Crippen molar-refractivity contribution in [2.75, 3.05) is 31.7 Å². The van der Waals surface area contributed by atoms with E-state index >= 15 is 0 Å². The van der Waals surface area contributed by atoms with Crippen LogP contribution in [0.25, 0.3) is 0 Å². The van der Waals surface area contributed by atoms with Gasteiger partial charge in [0.25, 0.3) is 11.8 Å². The van der Waals surface area contributed by atoms with Crippen molar-refractivity contribution in [1.82, 2.24) is 5.32 Å². The number of carbonyl (C=O) groups is 3. The van der Waals surface area contributed by atoms with Crippen LogP contribution in [0, 0.1) is 5.92 Å².